The summed E-state index contributed by atoms with van der Waals surface area (Å²) in [6.45, 7) is 0.425. The van der Waals surface area contributed by atoms with Crippen LogP contribution in [-0.2, 0) is 6.54 Å². The third kappa shape index (κ3) is 3.11. The van der Waals surface area contributed by atoms with Crippen molar-refractivity contribution >= 4 is 23.0 Å². The van der Waals surface area contributed by atoms with Crippen molar-refractivity contribution in [3.05, 3.63) is 59.5 Å². The Bertz CT molecular complexity index is 750. The Labute approximate surface area is 124 Å². The van der Waals surface area contributed by atoms with Crippen molar-refractivity contribution in [3.63, 3.8) is 0 Å². The quantitative estimate of drug-likeness (QED) is 0.751. The SMILES string of the molecule is O=C(O)c1ccc(CNc2cccc(-c3nccs3)c2)o1. The molecule has 0 aliphatic rings. The van der Waals surface area contributed by atoms with Crippen molar-refractivity contribution < 1.29 is 14.3 Å². The lowest BCUT2D eigenvalue weighted by molar-refractivity contribution is 0.0660. The zero-order valence-corrected chi connectivity index (χ0v) is 11.8. The third-order valence-corrected chi connectivity index (χ3v) is 3.70. The number of carbonyl (C=O) groups is 1. The molecule has 5 nitrogen and oxygen atoms in total. The fourth-order valence-electron chi connectivity index (χ4n) is 1.91. The highest BCUT2D eigenvalue weighted by Gasteiger charge is 2.08. The number of aromatic nitrogens is 1. The highest BCUT2D eigenvalue weighted by Crippen LogP contribution is 2.24. The number of aromatic carboxylic acids is 1. The van der Waals surface area contributed by atoms with Crippen molar-refractivity contribution in [2.75, 3.05) is 5.32 Å². The number of nitrogens with one attached hydrogen (secondary N) is 1. The Morgan fingerprint density at radius 2 is 2.24 bits per heavy atom. The van der Waals surface area contributed by atoms with Crippen molar-refractivity contribution in [1.82, 2.24) is 4.98 Å². The number of furan rings is 1. The molecule has 3 aromatic rings. The Balaban J connectivity index is 1.70. The van der Waals surface area contributed by atoms with Gasteiger partial charge in [0.1, 0.15) is 10.8 Å². The number of hydrogen-bond acceptors (Lipinski definition) is 5. The highest BCUT2D eigenvalue weighted by molar-refractivity contribution is 7.13. The first kappa shape index (κ1) is 13.4. The van der Waals surface area contributed by atoms with Gasteiger partial charge in [0.2, 0.25) is 5.76 Å². The minimum Gasteiger partial charge on any atom is -0.475 e. The van der Waals surface area contributed by atoms with Gasteiger partial charge in [-0.2, -0.15) is 0 Å². The van der Waals surface area contributed by atoms with Crippen LogP contribution in [0.25, 0.3) is 10.6 Å². The summed E-state index contributed by atoms with van der Waals surface area (Å²) in [6, 6.07) is 11.0. The average molecular weight is 300 g/mol. The van der Waals surface area contributed by atoms with E-state index in [9.17, 15) is 4.79 Å². The van der Waals surface area contributed by atoms with Crippen LogP contribution in [0.4, 0.5) is 5.69 Å². The monoisotopic (exact) mass is 300 g/mol. The summed E-state index contributed by atoms with van der Waals surface area (Å²) in [7, 11) is 0. The van der Waals surface area contributed by atoms with E-state index in [0.29, 0.717) is 12.3 Å². The first-order chi connectivity index (χ1) is 10.2. The summed E-state index contributed by atoms with van der Waals surface area (Å²) < 4.78 is 5.20. The first-order valence-corrected chi connectivity index (χ1v) is 7.16. The molecule has 2 heterocycles. The summed E-state index contributed by atoms with van der Waals surface area (Å²) in [5.74, 6) is -0.539. The molecule has 0 aliphatic carbocycles. The van der Waals surface area contributed by atoms with Gasteiger partial charge in [0, 0.05) is 22.8 Å². The molecule has 3 rings (SSSR count). The summed E-state index contributed by atoms with van der Waals surface area (Å²) in [4.78, 5) is 15.0. The number of nitrogens with zero attached hydrogens (tertiary/aromatic N) is 1. The topological polar surface area (TPSA) is 75.4 Å². The van der Waals surface area contributed by atoms with Crippen molar-refractivity contribution in [2.45, 2.75) is 6.54 Å². The van der Waals surface area contributed by atoms with E-state index in [4.69, 9.17) is 9.52 Å². The lowest BCUT2D eigenvalue weighted by atomic mass is 10.2. The molecule has 0 saturated carbocycles. The molecule has 0 aliphatic heterocycles. The number of carboxylic acids is 1. The minimum absolute atomic E-state index is 0.0525. The Morgan fingerprint density at radius 3 is 2.95 bits per heavy atom. The molecule has 0 fully saturated rings. The zero-order valence-electron chi connectivity index (χ0n) is 10.9. The van der Waals surface area contributed by atoms with Gasteiger partial charge in [-0.3, -0.25) is 0 Å². The van der Waals surface area contributed by atoms with Gasteiger partial charge in [0.25, 0.3) is 0 Å². The molecule has 0 radical (unpaired) electrons. The maximum absolute atomic E-state index is 10.7. The lowest BCUT2D eigenvalue weighted by Gasteiger charge is -2.05. The number of hydrogen-bond donors (Lipinski definition) is 2. The van der Waals surface area contributed by atoms with E-state index in [0.717, 1.165) is 16.3 Å². The Morgan fingerprint density at radius 1 is 1.33 bits per heavy atom. The van der Waals surface area contributed by atoms with Gasteiger partial charge in [0.15, 0.2) is 0 Å². The van der Waals surface area contributed by atoms with E-state index in [1.54, 1.807) is 23.6 Å². The van der Waals surface area contributed by atoms with Crippen LogP contribution in [0.3, 0.4) is 0 Å². The molecule has 6 heteroatoms. The minimum atomic E-state index is -1.06. The van der Waals surface area contributed by atoms with Crippen LogP contribution < -0.4 is 5.32 Å². The van der Waals surface area contributed by atoms with Crippen molar-refractivity contribution in [1.29, 1.82) is 0 Å². The van der Waals surface area contributed by atoms with Gasteiger partial charge in [-0.05, 0) is 24.3 Å². The highest BCUT2D eigenvalue weighted by atomic mass is 32.1. The number of rotatable bonds is 5. The van der Waals surface area contributed by atoms with Gasteiger partial charge in [-0.25, -0.2) is 9.78 Å². The average Bonchev–Trinajstić information content (AvgIpc) is 3.17. The normalized spacial score (nSPS) is 10.5. The molecule has 0 unspecified atom stereocenters. The molecule has 2 N–H and O–H groups in total. The predicted molar refractivity (Wildman–Crippen MR) is 80.5 cm³/mol. The van der Waals surface area contributed by atoms with E-state index in [1.807, 2.05) is 29.6 Å². The summed E-state index contributed by atoms with van der Waals surface area (Å²) in [5, 5.41) is 14.9. The fourth-order valence-corrected chi connectivity index (χ4v) is 2.54. The zero-order chi connectivity index (χ0) is 14.7. The number of carboxylic acid groups (broad SMARTS) is 1. The molecule has 0 amide bonds. The van der Waals surface area contributed by atoms with Crippen LogP contribution in [0.15, 0.2) is 52.4 Å². The molecule has 0 atom stereocenters. The van der Waals surface area contributed by atoms with E-state index in [2.05, 4.69) is 10.3 Å². The smallest absolute Gasteiger partial charge is 0.371 e. The molecule has 1 aromatic carbocycles. The van der Waals surface area contributed by atoms with Gasteiger partial charge in [-0.1, -0.05) is 12.1 Å². The second-order valence-electron chi connectivity index (χ2n) is 4.34. The van der Waals surface area contributed by atoms with E-state index in [-0.39, 0.29) is 5.76 Å². The third-order valence-electron chi connectivity index (χ3n) is 2.88. The van der Waals surface area contributed by atoms with Gasteiger partial charge in [-0.15, -0.1) is 11.3 Å². The molecule has 0 bridgehead atoms. The van der Waals surface area contributed by atoms with Crippen LogP contribution in [0, 0.1) is 0 Å². The molecule has 21 heavy (non-hydrogen) atoms. The lowest BCUT2D eigenvalue weighted by Crippen LogP contribution is -1.98. The summed E-state index contributed by atoms with van der Waals surface area (Å²) in [5.41, 5.74) is 1.97. The maximum atomic E-state index is 10.7. The van der Waals surface area contributed by atoms with Crippen LogP contribution in [0.5, 0.6) is 0 Å². The molecule has 0 spiro atoms. The van der Waals surface area contributed by atoms with Crippen molar-refractivity contribution in [2.24, 2.45) is 0 Å². The largest absolute Gasteiger partial charge is 0.475 e. The van der Waals surface area contributed by atoms with Crippen LogP contribution in [0.1, 0.15) is 16.3 Å². The summed E-state index contributed by atoms with van der Waals surface area (Å²) in [6.07, 6.45) is 1.77. The number of anilines is 1. The Kier molecular flexibility index (Phi) is 3.70. The van der Waals surface area contributed by atoms with E-state index < -0.39 is 5.97 Å². The van der Waals surface area contributed by atoms with Gasteiger partial charge in [0.05, 0.1) is 6.54 Å². The maximum Gasteiger partial charge on any atom is 0.371 e. The standard InChI is InChI=1S/C15H12N2O3S/c18-15(19)13-5-4-12(20-13)9-17-11-3-1-2-10(8-11)14-16-6-7-21-14/h1-8,17H,9H2,(H,18,19). The molecular formula is C15H12N2O3S. The van der Waals surface area contributed by atoms with Crippen LogP contribution in [0.2, 0.25) is 0 Å². The second kappa shape index (κ2) is 5.80. The van der Waals surface area contributed by atoms with Gasteiger partial charge < -0.3 is 14.8 Å². The fraction of sp³-hybridized carbons (Fsp3) is 0.0667. The molecule has 106 valence electrons. The Hall–Kier alpha value is -2.60. The van der Waals surface area contributed by atoms with Crippen LogP contribution in [-0.4, -0.2) is 16.1 Å². The molecular weight excluding hydrogens is 288 g/mol. The summed E-state index contributed by atoms with van der Waals surface area (Å²) >= 11 is 1.58. The molecule has 2 aromatic heterocycles. The predicted octanol–water partition coefficient (Wildman–Crippen LogP) is 3.71. The van der Waals surface area contributed by atoms with Crippen LogP contribution >= 0.6 is 11.3 Å². The van der Waals surface area contributed by atoms with Gasteiger partial charge >= 0.3 is 5.97 Å². The first-order valence-electron chi connectivity index (χ1n) is 6.28. The number of benzene rings is 1. The second-order valence-corrected chi connectivity index (χ2v) is 5.24. The van der Waals surface area contributed by atoms with E-state index >= 15 is 0 Å². The van der Waals surface area contributed by atoms with Crippen molar-refractivity contribution in [3.8, 4) is 10.6 Å². The van der Waals surface area contributed by atoms with E-state index in [1.165, 1.54) is 6.07 Å². The molecule has 0 saturated heterocycles. The number of thiazole rings is 1.